The number of hydrogen-bond acceptors (Lipinski definition) is 3. The number of halogens is 2. The van der Waals surface area contributed by atoms with Crippen molar-refractivity contribution in [1.82, 2.24) is 4.90 Å². The molecule has 0 aliphatic carbocycles. The molecule has 6 heteroatoms. The van der Waals surface area contributed by atoms with E-state index in [4.69, 9.17) is 16.3 Å². The second kappa shape index (κ2) is 6.62. The zero-order chi connectivity index (χ0) is 17.4. The first kappa shape index (κ1) is 17.6. The summed E-state index contributed by atoms with van der Waals surface area (Å²) in [5, 5.41) is 10.7. The number of aliphatic hydroxyl groups is 1. The lowest BCUT2D eigenvalue weighted by molar-refractivity contribution is -0.176. The third-order valence-electron chi connectivity index (χ3n) is 5.41. The van der Waals surface area contributed by atoms with Gasteiger partial charge in [-0.3, -0.25) is 4.79 Å². The van der Waals surface area contributed by atoms with E-state index in [0.29, 0.717) is 57.4 Å². The van der Waals surface area contributed by atoms with Crippen LogP contribution in [0.4, 0.5) is 4.39 Å². The predicted molar refractivity (Wildman–Crippen MR) is 89.7 cm³/mol. The minimum atomic E-state index is -0.662. The summed E-state index contributed by atoms with van der Waals surface area (Å²) in [6.07, 6.45) is 3.39. The van der Waals surface area contributed by atoms with Gasteiger partial charge in [-0.25, -0.2) is 4.39 Å². The van der Waals surface area contributed by atoms with Crippen molar-refractivity contribution in [2.45, 2.75) is 50.2 Å². The molecule has 1 spiro atoms. The number of amides is 1. The summed E-state index contributed by atoms with van der Waals surface area (Å²) in [6.45, 7) is 3.65. The monoisotopic (exact) mass is 355 g/mol. The van der Waals surface area contributed by atoms with Crippen molar-refractivity contribution in [3.63, 3.8) is 0 Å². The van der Waals surface area contributed by atoms with Crippen LogP contribution in [0.1, 0.15) is 49.4 Å². The Balaban J connectivity index is 1.67. The summed E-state index contributed by atoms with van der Waals surface area (Å²) >= 11 is 6.00. The Kier molecular flexibility index (Phi) is 4.87. The van der Waals surface area contributed by atoms with Crippen LogP contribution in [0.25, 0.3) is 0 Å². The lowest BCUT2D eigenvalue weighted by Crippen LogP contribution is -2.55. The fourth-order valence-corrected chi connectivity index (χ4v) is 4.02. The standard InChI is InChI=1S/C18H23ClFNO3/c1-2-17(23)7-10-24-18(12-17)5-8-21(9-6-18)16(22)14-4-3-13(20)11-15(14)19/h3-4,11,23H,2,5-10,12H2,1H3. The van der Waals surface area contributed by atoms with Gasteiger partial charge in [-0.2, -0.15) is 0 Å². The number of ether oxygens (including phenoxy) is 1. The van der Waals surface area contributed by atoms with Crippen LogP contribution in [-0.4, -0.2) is 46.8 Å². The summed E-state index contributed by atoms with van der Waals surface area (Å²) in [4.78, 5) is 14.3. The maximum Gasteiger partial charge on any atom is 0.255 e. The predicted octanol–water partition coefficient (Wildman–Crippen LogP) is 3.41. The Bertz CT molecular complexity index is 631. The molecule has 132 valence electrons. The van der Waals surface area contributed by atoms with Crippen molar-refractivity contribution < 1.29 is 19.0 Å². The van der Waals surface area contributed by atoms with E-state index in [9.17, 15) is 14.3 Å². The molecule has 1 aromatic rings. The van der Waals surface area contributed by atoms with Gasteiger partial charge in [0, 0.05) is 19.5 Å². The fourth-order valence-electron chi connectivity index (χ4n) is 3.77. The Morgan fingerprint density at radius 3 is 2.71 bits per heavy atom. The molecule has 1 unspecified atom stereocenters. The van der Waals surface area contributed by atoms with E-state index in [0.717, 1.165) is 6.07 Å². The van der Waals surface area contributed by atoms with Crippen LogP contribution in [-0.2, 0) is 4.74 Å². The number of rotatable bonds is 2. The van der Waals surface area contributed by atoms with E-state index in [1.165, 1.54) is 12.1 Å². The summed E-state index contributed by atoms with van der Waals surface area (Å²) in [5.41, 5.74) is -0.680. The van der Waals surface area contributed by atoms with Gasteiger partial charge in [-0.15, -0.1) is 0 Å². The molecule has 2 fully saturated rings. The molecule has 4 nitrogen and oxygen atoms in total. The van der Waals surface area contributed by atoms with Crippen molar-refractivity contribution >= 4 is 17.5 Å². The average molecular weight is 356 g/mol. The highest BCUT2D eigenvalue weighted by molar-refractivity contribution is 6.33. The van der Waals surface area contributed by atoms with Gasteiger partial charge < -0.3 is 14.7 Å². The molecule has 0 bridgehead atoms. The van der Waals surface area contributed by atoms with Crippen LogP contribution < -0.4 is 0 Å². The number of piperidine rings is 1. The highest BCUT2D eigenvalue weighted by Gasteiger charge is 2.46. The van der Waals surface area contributed by atoms with Crippen LogP contribution in [0, 0.1) is 5.82 Å². The second-order valence-corrected chi connectivity index (χ2v) is 7.36. The van der Waals surface area contributed by atoms with E-state index in [1.54, 1.807) is 4.90 Å². The Morgan fingerprint density at radius 2 is 2.08 bits per heavy atom. The Morgan fingerprint density at radius 1 is 1.38 bits per heavy atom. The molecule has 1 N–H and O–H groups in total. The number of likely N-dealkylation sites (tertiary alicyclic amines) is 1. The molecule has 2 aliphatic heterocycles. The number of carbonyl (C=O) groups is 1. The largest absolute Gasteiger partial charge is 0.390 e. The summed E-state index contributed by atoms with van der Waals surface area (Å²) in [6, 6.07) is 3.83. The third kappa shape index (κ3) is 3.44. The van der Waals surface area contributed by atoms with Crippen molar-refractivity contribution in [3.8, 4) is 0 Å². The normalized spacial score (nSPS) is 26.6. The van der Waals surface area contributed by atoms with Gasteiger partial charge in [-0.05, 0) is 43.9 Å². The molecule has 0 radical (unpaired) electrons. The van der Waals surface area contributed by atoms with Gasteiger partial charge >= 0.3 is 0 Å². The lowest BCUT2D eigenvalue weighted by atomic mass is 9.76. The molecule has 3 rings (SSSR count). The van der Waals surface area contributed by atoms with Crippen molar-refractivity contribution in [2.24, 2.45) is 0 Å². The smallest absolute Gasteiger partial charge is 0.255 e. The van der Waals surface area contributed by atoms with Crippen molar-refractivity contribution in [1.29, 1.82) is 0 Å². The first-order valence-electron chi connectivity index (χ1n) is 8.47. The highest BCUT2D eigenvalue weighted by atomic mass is 35.5. The molecule has 1 amide bonds. The van der Waals surface area contributed by atoms with Crippen LogP contribution in [0.2, 0.25) is 5.02 Å². The summed E-state index contributed by atoms with van der Waals surface area (Å²) in [7, 11) is 0. The zero-order valence-corrected chi connectivity index (χ0v) is 14.6. The highest BCUT2D eigenvalue weighted by Crippen LogP contribution is 2.41. The van der Waals surface area contributed by atoms with Gasteiger partial charge in [0.2, 0.25) is 0 Å². The minimum absolute atomic E-state index is 0.134. The molecule has 0 saturated carbocycles. The number of benzene rings is 1. The molecule has 24 heavy (non-hydrogen) atoms. The number of nitrogens with zero attached hydrogens (tertiary/aromatic N) is 1. The van der Waals surface area contributed by atoms with Crippen molar-refractivity contribution in [2.75, 3.05) is 19.7 Å². The van der Waals surface area contributed by atoms with E-state index < -0.39 is 11.4 Å². The fraction of sp³-hybridized carbons (Fsp3) is 0.611. The first-order chi connectivity index (χ1) is 11.4. The molecular weight excluding hydrogens is 333 g/mol. The summed E-state index contributed by atoms with van der Waals surface area (Å²) in [5.74, 6) is -0.639. The third-order valence-corrected chi connectivity index (χ3v) is 5.72. The second-order valence-electron chi connectivity index (χ2n) is 6.95. The van der Waals surface area contributed by atoms with Gasteiger partial charge in [0.1, 0.15) is 5.82 Å². The molecule has 2 aliphatic rings. The van der Waals surface area contributed by atoms with Gasteiger partial charge in [0.25, 0.3) is 5.91 Å². The minimum Gasteiger partial charge on any atom is -0.390 e. The van der Waals surface area contributed by atoms with Gasteiger partial charge in [0.05, 0.1) is 28.4 Å². The number of hydrogen-bond donors (Lipinski definition) is 1. The molecule has 2 heterocycles. The van der Waals surface area contributed by atoms with E-state index in [-0.39, 0.29) is 16.5 Å². The van der Waals surface area contributed by atoms with Gasteiger partial charge in [0.15, 0.2) is 0 Å². The zero-order valence-electron chi connectivity index (χ0n) is 13.9. The molecule has 1 aromatic carbocycles. The topological polar surface area (TPSA) is 49.8 Å². The summed E-state index contributed by atoms with van der Waals surface area (Å²) < 4.78 is 19.2. The Labute approximate surface area is 146 Å². The van der Waals surface area contributed by atoms with Crippen LogP contribution in [0.5, 0.6) is 0 Å². The molecular formula is C18H23ClFNO3. The Hall–Kier alpha value is -1.17. The first-order valence-corrected chi connectivity index (χ1v) is 8.85. The van der Waals surface area contributed by atoms with Gasteiger partial charge in [-0.1, -0.05) is 18.5 Å². The van der Waals surface area contributed by atoms with Crippen molar-refractivity contribution in [3.05, 3.63) is 34.6 Å². The van der Waals surface area contributed by atoms with E-state index in [1.807, 2.05) is 6.92 Å². The molecule has 2 saturated heterocycles. The maximum absolute atomic E-state index is 13.1. The lowest BCUT2D eigenvalue weighted by Gasteiger charge is -2.49. The maximum atomic E-state index is 13.1. The quantitative estimate of drug-likeness (QED) is 0.884. The SMILES string of the molecule is CCC1(O)CCOC2(CCN(C(=O)c3ccc(F)cc3Cl)CC2)C1. The number of carbonyl (C=O) groups excluding carboxylic acids is 1. The molecule has 0 aromatic heterocycles. The van der Waals surface area contributed by atoms with Crippen LogP contribution >= 0.6 is 11.6 Å². The van der Waals surface area contributed by atoms with E-state index in [2.05, 4.69) is 0 Å². The van der Waals surface area contributed by atoms with E-state index >= 15 is 0 Å². The van der Waals surface area contributed by atoms with Crippen LogP contribution in [0.3, 0.4) is 0 Å². The average Bonchev–Trinajstić information content (AvgIpc) is 2.55. The van der Waals surface area contributed by atoms with Crippen LogP contribution in [0.15, 0.2) is 18.2 Å². The molecule has 1 atom stereocenters.